The normalized spacial score (nSPS) is 10.4. The summed E-state index contributed by atoms with van der Waals surface area (Å²) in [6.45, 7) is 3.65. The van der Waals surface area contributed by atoms with Crippen LogP contribution in [0.3, 0.4) is 0 Å². The SMILES string of the molecule is Cc1nn(C)c(C)c1C(=O)Nc1ccc(Cl)cn1. The molecule has 2 aromatic heterocycles. The summed E-state index contributed by atoms with van der Waals surface area (Å²) in [5.74, 6) is 0.250. The van der Waals surface area contributed by atoms with Gasteiger partial charge in [-0.15, -0.1) is 0 Å². The summed E-state index contributed by atoms with van der Waals surface area (Å²) in [5.41, 5.74) is 2.09. The van der Waals surface area contributed by atoms with Crippen molar-refractivity contribution in [1.82, 2.24) is 14.8 Å². The van der Waals surface area contributed by atoms with Crippen LogP contribution >= 0.6 is 11.6 Å². The first-order valence-electron chi connectivity index (χ1n) is 5.42. The van der Waals surface area contributed by atoms with Crippen molar-refractivity contribution < 1.29 is 4.79 Å². The van der Waals surface area contributed by atoms with Gasteiger partial charge in [0.2, 0.25) is 0 Å². The highest BCUT2D eigenvalue weighted by molar-refractivity contribution is 6.30. The lowest BCUT2D eigenvalue weighted by atomic mass is 10.2. The van der Waals surface area contributed by atoms with E-state index < -0.39 is 0 Å². The highest BCUT2D eigenvalue weighted by atomic mass is 35.5. The minimum Gasteiger partial charge on any atom is -0.306 e. The van der Waals surface area contributed by atoms with Gasteiger partial charge in [0.1, 0.15) is 5.82 Å². The van der Waals surface area contributed by atoms with Crippen LogP contribution in [0.2, 0.25) is 5.02 Å². The molecule has 0 saturated heterocycles. The fourth-order valence-corrected chi connectivity index (χ4v) is 1.84. The lowest BCUT2D eigenvalue weighted by Gasteiger charge is -2.04. The third-order valence-corrected chi connectivity index (χ3v) is 2.93. The summed E-state index contributed by atoms with van der Waals surface area (Å²) >= 11 is 5.73. The molecule has 1 amide bonds. The van der Waals surface area contributed by atoms with Crippen molar-refractivity contribution in [3.05, 3.63) is 40.3 Å². The number of anilines is 1. The second kappa shape index (κ2) is 4.78. The number of nitrogens with zero attached hydrogens (tertiary/aromatic N) is 3. The minimum atomic E-state index is -0.215. The van der Waals surface area contributed by atoms with Gasteiger partial charge in [-0.25, -0.2) is 4.98 Å². The number of rotatable bonds is 2. The van der Waals surface area contributed by atoms with Gasteiger partial charge in [0.25, 0.3) is 5.91 Å². The molecule has 0 aromatic carbocycles. The van der Waals surface area contributed by atoms with Gasteiger partial charge in [-0.2, -0.15) is 5.10 Å². The van der Waals surface area contributed by atoms with Gasteiger partial charge < -0.3 is 5.32 Å². The van der Waals surface area contributed by atoms with Crippen LogP contribution in [0.25, 0.3) is 0 Å². The molecule has 0 fully saturated rings. The van der Waals surface area contributed by atoms with Gasteiger partial charge in [-0.05, 0) is 26.0 Å². The molecular formula is C12H13ClN4O. The predicted molar refractivity (Wildman–Crippen MR) is 69.9 cm³/mol. The topological polar surface area (TPSA) is 59.8 Å². The Morgan fingerprint density at radius 3 is 2.61 bits per heavy atom. The van der Waals surface area contributed by atoms with Crippen LogP contribution in [0.5, 0.6) is 0 Å². The number of halogens is 1. The fourth-order valence-electron chi connectivity index (χ4n) is 1.73. The molecular weight excluding hydrogens is 252 g/mol. The Bertz CT molecular complexity index is 589. The molecule has 0 spiro atoms. The monoisotopic (exact) mass is 264 g/mol. The standard InChI is InChI=1S/C12H13ClN4O/c1-7-11(8(2)17(3)16-7)12(18)15-10-5-4-9(13)6-14-10/h4-6H,1-3H3,(H,14,15,18). The van der Waals surface area contributed by atoms with Crippen molar-refractivity contribution in [2.24, 2.45) is 7.05 Å². The fraction of sp³-hybridized carbons (Fsp3) is 0.250. The lowest BCUT2D eigenvalue weighted by Crippen LogP contribution is -2.14. The van der Waals surface area contributed by atoms with Crippen molar-refractivity contribution in [3.8, 4) is 0 Å². The Balaban J connectivity index is 2.24. The zero-order chi connectivity index (χ0) is 13.3. The summed E-state index contributed by atoms with van der Waals surface area (Å²) in [6, 6.07) is 3.33. The number of carbonyl (C=O) groups is 1. The number of hydrogen-bond acceptors (Lipinski definition) is 3. The summed E-state index contributed by atoms with van der Waals surface area (Å²) in [4.78, 5) is 16.1. The highest BCUT2D eigenvalue weighted by Crippen LogP contribution is 2.15. The number of nitrogens with one attached hydrogen (secondary N) is 1. The van der Waals surface area contributed by atoms with Crippen LogP contribution in [0.1, 0.15) is 21.7 Å². The molecule has 2 rings (SSSR count). The average molecular weight is 265 g/mol. The molecule has 1 N–H and O–H groups in total. The number of carbonyl (C=O) groups excluding carboxylic acids is 1. The van der Waals surface area contributed by atoms with E-state index in [-0.39, 0.29) is 5.91 Å². The third kappa shape index (κ3) is 2.36. The second-order valence-electron chi connectivity index (χ2n) is 3.99. The van der Waals surface area contributed by atoms with E-state index in [1.807, 2.05) is 6.92 Å². The molecule has 5 nitrogen and oxygen atoms in total. The zero-order valence-corrected chi connectivity index (χ0v) is 11.1. The van der Waals surface area contributed by atoms with Gasteiger partial charge in [0.05, 0.1) is 16.3 Å². The van der Waals surface area contributed by atoms with E-state index in [2.05, 4.69) is 15.4 Å². The first-order valence-corrected chi connectivity index (χ1v) is 5.80. The second-order valence-corrected chi connectivity index (χ2v) is 4.42. The molecule has 2 aromatic rings. The van der Waals surface area contributed by atoms with Crippen molar-refractivity contribution in [1.29, 1.82) is 0 Å². The van der Waals surface area contributed by atoms with E-state index in [0.717, 1.165) is 5.69 Å². The lowest BCUT2D eigenvalue weighted by molar-refractivity contribution is 0.102. The molecule has 0 unspecified atom stereocenters. The van der Waals surface area contributed by atoms with E-state index >= 15 is 0 Å². The Labute approximate surface area is 110 Å². The third-order valence-electron chi connectivity index (χ3n) is 2.71. The molecule has 2 heterocycles. The van der Waals surface area contributed by atoms with Gasteiger partial charge in [-0.1, -0.05) is 11.6 Å². The van der Waals surface area contributed by atoms with E-state index in [4.69, 9.17) is 11.6 Å². The Morgan fingerprint density at radius 2 is 2.11 bits per heavy atom. The first kappa shape index (κ1) is 12.6. The molecule has 0 bridgehead atoms. The van der Waals surface area contributed by atoms with Gasteiger partial charge >= 0.3 is 0 Å². The van der Waals surface area contributed by atoms with Crippen molar-refractivity contribution in [2.45, 2.75) is 13.8 Å². The molecule has 18 heavy (non-hydrogen) atoms. The number of pyridine rings is 1. The van der Waals surface area contributed by atoms with E-state index in [0.29, 0.717) is 22.1 Å². The highest BCUT2D eigenvalue weighted by Gasteiger charge is 2.17. The maximum atomic E-state index is 12.1. The van der Waals surface area contributed by atoms with Crippen molar-refractivity contribution in [3.63, 3.8) is 0 Å². The van der Waals surface area contributed by atoms with Gasteiger partial charge in [-0.3, -0.25) is 9.48 Å². The summed E-state index contributed by atoms with van der Waals surface area (Å²) < 4.78 is 1.68. The van der Waals surface area contributed by atoms with Gasteiger partial charge in [0.15, 0.2) is 0 Å². The van der Waals surface area contributed by atoms with E-state index in [9.17, 15) is 4.79 Å². The number of hydrogen-bond donors (Lipinski definition) is 1. The van der Waals surface area contributed by atoms with Crippen molar-refractivity contribution >= 4 is 23.3 Å². The van der Waals surface area contributed by atoms with Crippen LogP contribution in [0, 0.1) is 13.8 Å². The molecule has 0 aliphatic carbocycles. The van der Waals surface area contributed by atoms with Crippen LogP contribution in [-0.2, 0) is 7.05 Å². The van der Waals surface area contributed by atoms with Crippen LogP contribution in [0.4, 0.5) is 5.82 Å². The Kier molecular flexibility index (Phi) is 3.34. The first-order chi connectivity index (χ1) is 8.49. The zero-order valence-electron chi connectivity index (χ0n) is 10.4. The Hall–Kier alpha value is -1.88. The van der Waals surface area contributed by atoms with Crippen LogP contribution in [0.15, 0.2) is 18.3 Å². The maximum Gasteiger partial charge on any atom is 0.260 e. The van der Waals surface area contributed by atoms with Gasteiger partial charge in [0, 0.05) is 18.9 Å². The average Bonchev–Trinajstić information content (AvgIpc) is 2.56. The summed E-state index contributed by atoms with van der Waals surface area (Å²) in [6.07, 6.45) is 1.49. The summed E-state index contributed by atoms with van der Waals surface area (Å²) in [5, 5.41) is 7.45. The predicted octanol–water partition coefficient (Wildman–Crippen LogP) is 2.34. The number of aryl methyl sites for hydroxylation is 2. The van der Waals surface area contributed by atoms with Crippen molar-refractivity contribution in [2.75, 3.05) is 5.32 Å². The number of aromatic nitrogens is 3. The van der Waals surface area contributed by atoms with Crippen LogP contribution in [-0.4, -0.2) is 20.7 Å². The molecule has 0 atom stereocenters. The molecule has 0 aliphatic heterocycles. The molecule has 6 heteroatoms. The molecule has 0 radical (unpaired) electrons. The van der Waals surface area contributed by atoms with Crippen LogP contribution < -0.4 is 5.32 Å². The maximum absolute atomic E-state index is 12.1. The molecule has 0 aliphatic rings. The quantitative estimate of drug-likeness (QED) is 0.906. The summed E-state index contributed by atoms with van der Waals surface area (Å²) in [7, 11) is 1.81. The minimum absolute atomic E-state index is 0.215. The van der Waals surface area contributed by atoms with E-state index in [1.165, 1.54) is 6.20 Å². The molecule has 0 saturated carbocycles. The molecule has 94 valence electrons. The number of amides is 1. The Morgan fingerprint density at radius 1 is 1.39 bits per heavy atom. The smallest absolute Gasteiger partial charge is 0.260 e. The van der Waals surface area contributed by atoms with E-state index in [1.54, 1.807) is 30.8 Å². The largest absolute Gasteiger partial charge is 0.306 e.